The Labute approximate surface area is 129 Å². The van der Waals surface area contributed by atoms with E-state index in [9.17, 15) is 9.90 Å². The molecular formula is C17H32N2O2. The highest BCUT2D eigenvalue weighted by atomic mass is 16.4. The highest BCUT2D eigenvalue weighted by Crippen LogP contribution is 2.41. The van der Waals surface area contributed by atoms with Gasteiger partial charge in [-0.2, -0.15) is 0 Å². The second-order valence-corrected chi connectivity index (χ2v) is 8.07. The molecule has 2 atom stereocenters. The maximum atomic E-state index is 11.8. The molecule has 0 aromatic heterocycles. The Morgan fingerprint density at radius 2 is 1.81 bits per heavy atom. The van der Waals surface area contributed by atoms with E-state index in [4.69, 9.17) is 0 Å². The van der Waals surface area contributed by atoms with Crippen LogP contribution in [0.5, 0.6) is 0 Å². The van der Waals surface area contributed by atoms with Gasteiger partial charge in [0.25, 0.3) is 0 Å². The van der Waals surface area contributed by atoms with Crippen LogP contribution in [0.4, 0.5) is 0 Å². The predicted molar refractivity (Wildman–Crippen MR) is 85.4 cm³/mol. The molecule has 1 saturated carbocycles. The zero-order valence-corrected chi connectivity index (χ0v) is 14.1. The molecule has 4 nitrogen and oxygen atoms in total. The molecule has 2 fully saturated rings. The molecule has 1 saturated heterocycles. The fourth-order valence-electron chi connectivity index (χ4n) is 3.87. The van der Waals surface area contributed by atoms with Crippen LogP contribution in [0, 0.1) is 17.3 Å². The molecule has 1 aliphatic carbocycles. The number of aliphatic carboxylic acids is 1. The summed E-state index contributed by atoms with van der Waals surface area (Å²) in [6.07, 6.45) is 5.74. The lowest BCUT2D eigenvalue weighted by Gasteiger charge is -2.35. The van der Waals surface area contributed by atoms with Crippen molar-refractivity contribution in [2.75, 3.05) is 26.7 Å². The fourth-order valence-corrected chi connectivity index (χ4v) is 3.87. The van der Waals surface area contributed by atoms with Crippen LogP contribution < -0.4 is 5.32 Å². The average molecular weight is 296 g/mol. The molecule has 0 radical (unpaired) electrons. The van der Waals surface area contributed by atoms with E-state index < -0.39 is 11.5 Å². The highest BCUT2D eigenvalue weighted by Gasteiger charge is 2.51. The standard InChI is InChI=1S/C17H32N2O2/c1-16(2,3)13-6-5-10-19(11-9-13)12-17(18-4,15(20)21)14-7-8-14/h13-14,18H,5-12H2,1-4H3,(H,20,21). The smallest absolute Gasteiger partial charge is 0.325 e. The van der Waals surface area contributed by atoms with Gasteiger partial charge in [-0.05, 0) is 69.5 Å². The first-order valence-corrected chi connectivity index (χ1v) is 8.44. The van der Waals surface area contributed by atoms with Crippen molar-refractivity contribution in [2.24, 2.45) is 17.3 Å². The summed E-state index contributed by atoms with van der Waals surface area (Å²) >= 11 is 0. The number of likely N-dealkylation sites (tertiary alicyclic amines) is 1. The van der Waals surface area contributed by atoms with Crippen molar-refractivity contribution in [3.63, 3.8) is 0 Å². The molecule has 2 aliphatic rings. The first kappa shape index (κ1) is 16.8. The van der Waals surface area contributed by atoms with Gasteiger partial charge in [-0.1, -0.05) is 20.8 Å². The van der Waals surface area contributed by atoms with Gasteiger partial charge in [0.05, 0.1) is 0 Å². The van der Waals surface area contributed by atoms with Crippen LogP contribution in [0.2, 0.25) is 0 Å². The summed E-state index contributed by atoms with van der Waals surface area (Å²) in [7, 11) is 1.81. The second-order valence-electron chi connectivity index (χ2n) is 8.07. The number of rotatable bonds is 5. The summed E-state index contributed by atoms with van der Waals surface area (Å²) in [6.45, 7) is 9.70. The lowest BCUT2D eigenvalue weighted by atomic mass is 9.77. The Bertz CT molecular complexity index is 373. The van der Waals surface area contributed by atoms with E-state index in [2.05, 4.69) is 31.0 Å². The monoisotopic (exact) mass is 296 g/mol. The molecule has 1 aliphatic heterocycles. The van der Waals surface area contributed by atoms with Gasteiger partial charge in [0.2, 0.25) is 0 Å². The Morgan fingerprint density at radius 1 is 1.14 bits per heavy atom. The van der Waals surface area contributed by atoms with Gasteiger partial charge in [0.1, 0.15) is 5.54 Å². The zero-order chi connectivity index (χ0) is 15.7. The molecule has 4 heteroatoms. The summed E-state index contributed by atoms with van der Waals surface area (Å²) in [5, 5.41) is 12.9. The van der Waals surface area contributed by atoms with Crippen LogP contribution in [0.3, 0.4) is 0 Å². The molecule has 21 heavy (non-hydrogen) atoms. The maximum absolute atomic E-state index is 11.8. The summed E-state index contributed by atoms with van der Waals surface area (Å²) in [5.41, 5.74) is -0.374. The Morgan fingerprint density at radius 3 is 2.29 bits per heavy atom. The topological polar surface area (TPSA) is 52.6 Å². The van der Waals surface area contributed by atoms with Crippen molar-refractivity contribution in [2.45, 2.75) is 58.4 Å². The van der Waals surface area contributed by atoms with Gasteiger partial charge in [0, 0.05) is 6.54 Å². The third-order valence-corrected chi connectivity index (χ3v) is 5.62. The normalized spacial score (nSPS) is 27.9. The number of nitrogens with one attached hydrogen (secondary N) is 1. The van der Waals surface area contributed by atoms with Crippen molar-refractivity contribution in [1.29, 1.82) is 0 Å². The van der Waals surface area contributed by atoms with Crippen molar-refractivity contribution in [3.8, 4) is 0 Å². The number of carboxylic acids is 1. The number of carbonyl (C=O) groups is 1. The molecule has 0 aromatic carbocycles. The Hall–Kier alpha value is -0.610. The van der Waals surface area contributed by atoms with Crippen molar-refractivity contribution in [3.05, 3.63) is 0 Å². The summed E-state index contributed by atoms with van der Waals surface area (Å²) in [5.74, 6) is 0.378. The summed E-state index contributed by atoms with van der Waals surface area (Å²) in [6, 6.07) is 0. The molecule has 0 bridgehead atoms. The molecule has 1 heterocycles. The number of likely N-dealkylation sites (N-methyl/N-ethyl adjacent to an activating group) is 1. The van der Waals surface area contributed by atoms with Gasteiger partial charge in [-0.15, -0.1) is 0 Å². The Balaban J connectivity index is 2.00. The van der Waals surface area contributed by atoms with E-state index in [1.807, 2.05) is 7.05 Å². The Kier molecular flexibility index (Phi) is 4.99. The lowest BCUT2D eigenvalue weighted by molar-refractivity contribution is -0.146. The van der Waals surface area contributed by atoms with Gasteiger partial charge in [-0.3, -0.25) is 4.79 Å². The molecule has 2 rings (SSSR count). The minimum Gasteiger partial charge on any atom is -0.480 e. The first-order chi connectivity index (χ1) is 9.79. The molecule has 122 valence electrons. The van der Waals surface area contributed by atoms with E-state index in [1.165, 1.54) is 19.3 Å². The van der Waals surface area contributed by atoms with Gasteiger partial charge in [0.15, 0.2) is 0 Å². The van der Waals surface area contributed by atoms with Crippen molar-refractivity contribution < 1.29 is 9.90 Å². The molecule has 0 spiro atoms. The van der Waals surface area contributed by atoms with Gasteiger partial charge in [-0.25, -0.2) is 0 Å². The highest BCUT2D eigenvalue weighted by molar-refractivity contribution is 5.80. The van der Waals surface area contributed by atoms with E-state index >= 15 is 0 Å². The number of nitrogens with zero attached hydrogens (tertiary/aromatic N) is 1. The molecular weight excluding hydrogens is 264 g/mol. The summed E-state index contributed by atoms with van der Waals surface area (Å²) in [4.78, 5) is 14.2. The quantitative estimate of drug-likeness (QED) is 0.819. The molecule has 0 aromatic rings. The third kappa shape index (κ3) is 3.78. The van der Waals surface area contributed by atoms with E-state index in [0.29, 0.717) is 17.9 Å². The van der Waals surface area contributed by atoms with E-state index in [-0.39, 0.29) is 0 Å². The predicted octanol–water partition coefficient (Wildman–Crippen LogP) is 2.59. The van der Waals surface area contributed by atoms with Gasteiger partial charge >= 0.3 is 5.97 Å². The zero-order valence-electron chi connectivity index (χ0n) is 14.1. The number of hydrogen-bond donors (Lipinski definition) is 2. The van der Waals surface area contributed by atoms with E-state index in [1.54, 1.807) is 0 Å². The fraction of sp³-hybridized carbons (Fsp3) is 0.941. The number of hydrogen-bond acceptors (Lipinski definition) is 3. The maximum Gasteiger partial charge on any atom is 0.325 e. The van der Waals surface area contributed by atoms with Crippen LogP contribution in [0.15, 0.2) is 0 Å². The first-order valence-electron chi connectivity index (χ1n) is 8.44. The molecule has 2 unspecified atom stereocenters. The number of carboxylic acid groups (broad SMARTS) is 1. The summed E-state index contributed by atoms with van der Waals surface area (Å²) < 4.78 is 0. The van der Waals surface area contributed by atoms with Crippen molar-refractivity contribution in [1.82, 2.24) is 10.2 Å². The second kappa shape index (κ2) is 6.25. The van der Waals surface area contributed by atoms with Crippen LogP contribution >= 0.6 is 0 Å². The minimum absolute atomic E-state index is 0.307. The van der Waals surface area contributed by atoms with Crippen LogP contribution in [-0.4, -0.2) is 48.2 Å². The van der Waals surface area contributed by atoms with Crippen LogP contribution in [0.1, 0.15) is 52.9 Å². The minimum atomic E-state index is -0.735. The third-order valence-electron chi connectivity index (χ3n) is 5.62. The van der Waals surface area contributed by atoms with Crippen molar-refractivity contribution >= 4 is 5.97 Å². The molecule has 2 N–H and O–H groups in total. The molecule has 0 amide bonds. The van der Waals surface area contributed by atoms with E-state index in [0.717, 1.165) is 31.8 Å². The largest absolute Gasteiger partial charge is 0.480 e. The van der Waals surface area contributed by atoms with Crippen LogP contribution in [0.25, 0.3) is 0 Å². The van der Waals surface area contributed by atoms with Gasteiger partial charge < -0.3 is 15.3 Å². The van der Waals surface area contributed by atoms with Crippen LogP contribution in [-0.2, 0) is 4.79 Å². The average Bonchev–Trinajstić information content (AvgIpc) is 3.21. The SMILES string of the molecule is CNC(CN1CCCC(C(C)(C)C)CC1)(C(=O)O)C1CC1. The lowest BCUT2D eigenvalue weighted by Crippen LogP contribution is -2.59.